The van der Waals surface area contributed by atoms with Gasteiger partial charge in [0, 0.05) is 17.6 Å². The Morgan fingerprint density at radius 1 is 1.25 bits per heavy atom. The van der Waals surface area contributed by atoms with Gasteiger partial charge in [0.05, 0.1) is 4.90 Å². The quantitative estimate of drug-likeness (QED) is 0.802. The van der Waals surface area contributed by atoms with Crippen LogP contribution in [0.15, 0.2) is 33.6 Å². The Hall–Kier alpha value is -0.140. The summed E-state index contributed by atoms with van der Waals surface area (Å²) in [5.41, 5.74) is 0. The molecule has 0 fully saturated rings. The van der Waals surface area contributed by atoms with E-state index in [9.17, 15) is 8.42 Å². The monoisotopic (exact) mass is 328 g/mol. The third kappa shape index (κ3) is 4.39. The van der Waals surface area contributed by atoms with Crippen molar-refractivity contribution in [3.8, 4) is 0 Å². The molecule has 0 aliphatic carbocycles. The van der Waals surface area contributed by atoms with Crippen LogP contribution < -0.4 is 10.0 Å². The van der Waals surface area contributed by atoms with Crippen LogP contribution >= 0.6 is 28.3 Å². The Balaban J connectivity index is 0.00000225. The molecule has 2 N–H and O–H groups in total. The Morgan fingerprint density at radius 3 is 2.44 bits per heavy atom. The average molecular weight is 330 g/mol. The van der Waals surface area contributed by atoms with Gasteiger partial charge in [-0.2, -0.15) is 0 Å². The smallest absolute Gasteiger partial charge is 0.241 e. The molecule has 1 rings (SSSR count). The molecule has 0 atom stereocenters. The van der Waals surface area contributed by atoms with Gasteiger partial charge in [-0.15, -0.1) is 12.4 Å². The van der Waals surface area contributed by atoms with Crippen molar-refractivity contribution < 1.29 is 8.42 Å². The Kier molecular flexibility index (Phi) is 7.17. The van der Waals surface area contributed by atoms with Crippen molar-refractivity contribution >= 4 is 38.4 Å². The molecule has 92 valence electrons. The van der Waals surface area contributed by atoms with Crippen LogP contribution in [0.2, 0.25) is 0 Å². The van der Waals surface area contributed by atoms with Crippen molar-refractivity contribution in [2.75, 3.05) is 20.1 Å². The number of likely N-dealkylation sites (N-methyl/N-ethyl adjacent to an activating group) is 1. The summed E-state index contributed by atoms with van der Waals surface area (Å²) in [6.07, 6.45) is 0. The maximum absolute atomic E-state index is 11.8. The SMILES string of the molecule is CNCCNS(=O)(=O)c1ccccc1Br.Cl. The lowest BCUT2D eigenvalue weighted by molar-refractivity contribution is 0.579. The zero-order valence-corrected chi connectivity index (χ0v) is 12.0. The molecule has 0 spiro atoms. The van der Waals surface area contributed by atoms with Gasteiger partial charge in [-0.1, -0.05) is 12.1 Å². The van der Waals surface area contributed by atoms with Crippen molar-refractivity contribution in [3.63, 3.8) is 0 Å². The molecule has 1 aromatic carbocycles. The first-order chi connectivity index (χ1) is 7.08. The summed E-state index contributed by atoms with van der Waals surface area (Å²) >= 11 is 3.21. The molecule has 0 aliphatic heterocycles. The molecular weight excluding hydrogens is 316 g/mol. The molecule has 16 heavy (non-hydrogen) atoms. The molecule has 4 nitrogen and oxygen atoms in total. The third-order valence-electron chi connectivity index (χ3n) is 1.79. The lowest BCUT2D eigenvalue weighted by Gasteiger charge is -2.07. The van der Waals surface area contributed by atoms with Gasteiger partial charge in [0.15, 0.2) is 0 Å². The minimum atomic E-state index is -3.40. The van der Waals surface area contributed by atoms with Crippen molar-refractivity contribution in [3.05, 3.63) is 28.7 Å². The van der Waals surface area contributed by atoms with Crippen LogP contribution in [0.25, 0.3) is 0 Å². The predicted octanol–water partition coefficient (Wildman–Crippen LogP) is 1.37. The van der Waals surface area contributed by atoms with Gasteiger partial charge >= 0.3 is 0 Å². The van der Waals surface area contributed by atoms with Crippen molar-refractivity contribution in [2.24, 2.45) is 0 Å². The molecule has 7 heteroatoms. The molecule has 0 amide bonds. The molecule has 0 saturated heterocycles. The second-order valence-electron chi connectivity index (χ2n) is 2.93. The first kappa shape index (κ1) is 15.9. The first-order valence-corrected chi connectivity index (χ1v) is 6.74. The lowest BCUT2D eigenvalue weighted by atomic mass is 10.4. The van der Waals surface area contributed by atoms with Gasteiger partial charge < -0.3 is 5.32 Å². The van der Waals surface area contributed by atoms with Gasteiger partial charge in [-0.3, -0.25) is 0 Å². The van der Waals surface area contributed by atoms with Crippen molar-refractivity contribution in [1.29, 1.82) is 0 Å². The van der Waals surface area contributed by atoms with E-state index < -0.39 is 10.0 Å². The van der Waals surface area contributed by atoms with E-state index in [0.717, 1.165) is 0 Å². The highest BCUT2D eigenvalue weighted by Gasteiger charge is 2.15. The molecular formula is C9H14BrClN2O2S. The van der Waals surface area contributed by atoms with Gasteiger partial charge in [-0.25, -0.2) is 13.1 Å². The van der Waals surface area contributed by atoms with Crippen molar-refractivity contribution in [1.82, 2.24) is 10.0 Å². The Bertz CT molecular complexity index is 425. The number of sulfonamides is 1. The number of hydrogen-bond acceptors (Lipinski definition) is 3. The van der Waals surface area contributed by atoms with E-state index in [-0.39, 0.29) is 17.3 Å². The van der Waals surface area contributed by atoms with E-state index in [4.69, 9.17) is 0 Å². The minimum absolute atomic E-state index is 0. The number of hydrogen-bond donors (Lipinski definition) is 2. The lowest BCUT2D eigenvalue weighted by Crippen LogP contribution is -2.30. The van der Waals surface area contributed by atoms with Gasteiger partial charge in [-0.05, 0) is 35.1 Å². The fraction of sp³-hybridized carbons (Fsp3) is 0.333. The fourth-order valence-electron chi connectivity index (χ4n) is 1.05. The summed E-state index contributed by atoms with van der Waals surface area (Å²) in [5, 5.41) is 2.87. The first-order valence-electron chi connectivity index (χ1n) is 4.47. The van der Waals surface area contributed by atoms with Gasteiger partial charge in [0.25, 0.3) is 0 Å². The second-order valence-corrected chi connectivity index (χ2v) is 5.52. The van der Waals surface area contributed by atoms with E-state index in [1.807, 2.05) is 0 Å². The zero-order chi connectivity index (χ0) is 11.3. The van der Waals surface area contributed by atoms with Crippen molar-refractivity contribution in [2.45, 2.75) is 4.90 Å². The molecule has 0 aromatic heterocycles. The molecule has 0 radical (unpaired) electrons. The van der Waals surface area contributed by atoms with E-state index in [0.29, 0.717) is 17.6 Å². The zero-order valence-electron chi connectivity index (χ0n) is 8.73. The summed E-state index contributed by atoms with van der Waals surface area (Å²) in [4.78, 5) is 0.265. The van der Waals surface area contributed by atoms with Crippen LogP contribution in [0.4, 0.5) is 0 Å². The highest BCUT2D eigenvalue weighted by atomic mass is 79.9. The minimum Gasteiger partial charge on any atom is -0.318 e. The number of halogens is 2. The summed E-state index contributed by atoms with van der Waals surface area (Å²) in [5.74, 6) is 0. The number of nitrogens with one attached hydrogen (secondary N) is 2. The predicted molar refractivity (Wildman–Crippen MR) is 70.5 cm³/mol. The van der Waals surface area contributed by atoms with E-state index in [1.165, 1.54) is 0 Å². The Morgan fingerprint density at radius 2 is 1.88 bits per heavy atom. The summed E-state index contributed by atoms with van der Waals surface area (Å²) < 4.78 is 26.6. The highest BCUT2D eigenvalue weighted by molar-refractivity contribution is 9.10. The van der Waals surface area contributed by atoms with Crippen LogP contribution in [0, 0.1) is 0 Å². The average Bonchev–Trinajstić information content (AvgIpc) is 2.18. The maximum Gasteiger partial charge on any atom is 0.241 e. The van der Waals surface area contributed by atoms with Crippen LogP contribution in [0.5, 0.6) is 0 Å². The molecule has 0 bridgehead atoms. The summed E-state index contributed by atoms with van der Waals surface area (Å²) in [6, 6.07) is 6.73. The van der Waals surface area contributed by atoms with Crippen LogP contribution in [0.1, 0.15) is 0 Å². The molecule has 0 saturated carbocycles. The topological polar surface area (TPSA) is 58.2 Å². The standard InChI is InChI=1S/C9H13BrN2O2S.ClH/c1-11-6-7-12-15(13,14)9-5-3-2-4-8(9)10;/h2-5,11-12H,6-7H2,1H3;1H. The third-order valence-corrected chi connectivity index (χ3v) is 4.27. The second kappa shape index (κ2) is 7.24. The van der Waals surface area contributed by atoms with E-state index >= 15 is 0 Å². The van der Waals surface area contributed by atoms with Crippen LogP contribution in [-0.2, 0) is 10.0 Å². The maximum atomic E-state index is 11.8. The fourth-order valence-corrected chi connectivity index (χ4v) is 3.08. The summed E-state index contributed by atoms with van der Waals surface area (Å²) in [6.45, 7) is 0.976. The van der Waals surface area contributed by atoms with Gasteiger partial charge in [0.1, 0.15) is 0 Å². The summed E-state index contributed by atoms with van der Waals surface area (Å²) in [7, 11) is -1.63. The number of rotatable bonds is 5. The van der Waals surface area contributed by atoms with Crippen LogP contribution in [-0.4, -0.2) is 28.6 Å². The van der Waals surface area contributed by atoms with Gasteiger partial charge in [0.2, 0.25) is 10.0 Å². The molecule has 0 heterocycles. The molecule has 0 unspecified atom stereocenters. The molecule has 0 aliphatic rings. The number of benzene rings is 1. The Labute approximate surface area is 110 Å². The largest absolute Gasteiger partial charge is 0.318 e. The van der Waals surface area contributed by atoms with E-state index in [1.54, 1.807) is 31.3 Å². The molecule has 1 aromatic rings. The highest BCUT2D eigenvalue weighted by Crippen LogP contribution is 2.20. The van der Waals surface area contributed by atoms with Crippen LogP contribution in [0.3, 0.4) is 0 Å². The normalized spacial score (nSPS) is 10.9. The van der Waals surface area contributed by atoms with E-state index in [2.05, 4.69) is 26.0 Å².